The van der Waals surface area contributed by atoms with E-state index in [0.29, 0.717) is 0 Å². The van der Waals surface area contributed by atoms with E-state index in [9.17, 15) is 9.59 Å². The molecule has 0 aromatic carbocycles. The van der Waals surface area contributed by atoms with Crippen molar-refractivity contribution in [3.63, 3.8) is 0 Å². The molecule has 8 nitrogen and oxygen atoms in total. The van der Waals surface area contributed by atoms with Crippen molar-refractivity contribution in [2.45, 2.75) is 13.8 Å². The van der Waals surface area contributed by atoms with Gasteiger partial charge < -0.3 is 5.73 Å². The van der Waals surface area contributed by atoms with E-state index in [1.54, 1.807) is 0 Å². The molecule has 0 aliphatic rings. The van der Waals surface area contributed by atoms with Gasteiger partial charge in [0.1, 0.15) is 0 Å². The second-order valence-corrected chi connectivity index (χ2v) is 2.43. The van der Waals surface area contributed by atoms with Gasteiger partial charge in [-0.1, -0.05) is 0 Å². The van der Waals surface area contributed by atoms with Crippen LogP contribution in [0.5, 0.6) is 0 Å². The number of guanidine groups is 2. The Morgan fingerprint density at radius 2 is 1.67 bits per heavy atom. The zero-order chi connectivity index (χ0) is 11.8. The number of rotatable bonds is 1. The highest BCUT2D eigenvalue weighted by atomic mass is 16.2. The zero-order valence-electron chi connectivity index (χ0n) is 8.44. The Morgan fingerprint density at radius 1 is 1.13 bits per heavy atom. The van der Waals surface area contributed by atoms with Crippen molar-refractivity contribution in [2.24, 2.45) is 20.9 Å². The third-order valence-corrected chi connectivity index (χ3v) is 0.994. The summed E-state index contributed by atoms with van der Waals surface area (Å²) in [6.07, 6.45) is 0. The zero-order valence-corrected chi connectivity index (χ0v) is 8.44. The maximum absolute atomic E-state index is 10.6. The summed E-state index contributed by atoms with van der Waals surface area (Å²) >= 11 is 0. The van der Waals surface area contributed by atoms with Crippen molar-refractivity contribution in [3.8, 4) is 0 Å². The lowest BCUT2D eigenvalue weighted by molar-refractivity contribution is -0.118. The Labute approximate surface area is 86.3 Å². The lowest BCUT2D eigenvalue weighted by atomic mass is 10.7. The second-order valence-electron chi connectivity index (χ2n) is 2.43. The van der Waals surface area contributed by atoms with Crippen molar-refractivity contribution in [1.29, 1.82) is 0 Å². The fourth-order valence-corrected chi connectivity index (χ4v) is 0.560. The molecule has 0 aliphatic carbocycles. The minimum absolute atomic E-state index is 0.101. The average Bonchev–Trinajstić information content (AvgIpc) is 2.10. The second kappa shape index (κ2) is 6.24. The predicted octanol–water partition coefficient (Wildman–Crippen LogP) is -1.46. The molecule has 0 spiro atoms. The summed E-state index contributed by atoms with van der Waals surface area (Å²) in [7, 11) is 0. The maximum atomic E-state index is 10.6. The van der Waals surface area contributed by atoms with Crippen LogP contribution in [0.15, 0.2) is 15.2 Å². The standard InChI is InChI=1S/C7H12N6O2/c1-4(14)10-6(8)12-13-7(9-3)11-5(2)15/h3H2,1-2H3,(H,11,13,15)(H3,8,10,12,14). The number of nitrogens with one attached hydrogen (secondary N) is 2. The van der Waals surface area contributed by atoms with E-state index in [2.05, 4.69) is 32.5 Å². The number of carbonyl (C=O) groups excluding carboxylic acids is 2. The molecule has 0 bridgehead atoms. The highest BCUT2D eigenvalue weighted by molar-refractivity contribution is 5.99. The molecule has 82 valence electrons. The Morgan fingerprint density at radius 3 is 2.07 bits per heavy atom. The number of nitrogens with zero attached hydrogens (tertiary/aromatic N) is 3. The number of carbonyl (C=O) groups is 2. The third kappa shape index (κ3) is 6.87. The fraction of sp³-hybridized carbons (Fsp3) is 0.286. The third-order valence-electron chi connectivity index (χ3n) is 0.994. The van der Waals surface area contributed by atoms with E-state index in [4.69, 9.17) is 5.73 Å². The molecule has 15 heavy (non-hydrogen) atoms. The molecule has 4 N–H and O–H groups in total. The first-order valence-electron chi connectivity index (χ1n) is 3.88. The van der Waals surface area contributed by atoms with Gasteiger partial charge in [0, 0.05) is 13.8 Å². The van der Waals surface area contributed by atoms with Gasteiger partial charge >= 0.3 is 0 Å². The Hall–Kier alpha value is -2.25. The van der Waals surface area contributed by atoms with Crippen LogP contribution in [0.25, 0.3) is 0 Å². The van der Waals surface area contributed by atoms with Crippen LogP contribution in [0.1, 0.15) is 13.8 Å². The van der Waals surface area contributed by atoms with Gasteiger partial charge in [-0.25, -0.2) is 4.99 Å². The van der Waals surface area contributed by atoms with E-state index >= 15 is 0 Å². The number of nitrogens with two attached hydrogens (primary N) is 1. The summed E-state index contributed by atoms with van der Waals surface area (Å²) in [5.41, 5.74) is 5.24. The van der Waals surface area contributed by atoms with Gasteiger partial charge in [-0.05, 0) is 6.72 Å². The maximum Gasteiger partial charge on any atom is 0.248 e. The van der Waals surface area contributed by atoms with Crippen LogP contribution < -0.4 is 16.4 Å². The number of amides is 2. The van der Waals surface area contributed by atoms with E-state index in [1.807, 2.05) is 0 Å². The number of aliphatic imine (C=N–C) groups is 1. The molecular weight excluding hydrogens is 200 g/mol. The van der Waals surface area contributed by atoms with Crippen molar-refractivity contribution >= 4 is 30.5 Å². The predicted molar refractivity (Wildman–Crippen MR) is 56.2 cm³/mol. The van der Waals surface area contributed by atoms with E-state index in [1.165, 1.54) is 13.8 Å². The SMILES string of the molecule is C=N/C(=N\N=C(/N)NC(C)=O)NC(C)=O. The number of hydrogen-bond donors (Lipinski definition) is 3. The summed E-state index contributed by atoms with van der Waals surface area (Å²) in [4.78, 5) is 24.5. The fourth-order valence-electron chi connectivity index (χ4n) is 0.560. The normalized spacial score (nSPS) is 11.9. The summed E-state index contributed by atoms with van der Waals surface area (Å²) in [5, 5.41) is 11.3. The smallest absolute Gasteiger partial charge is 0.248 e. The van der Waals surface area contributed by atoms with Crippen LogP contribution in [-0.4, -0.2) is 30.5 Å². The number of hydrogen-bond acceptors (Lipinski definition) is 4. The molecule has 0 heterocycles. The average molecular weight is 212 g/mol. The minimum Gasteiger partial charge on any atom is -0.368 e. The van der Waals surface area contributed by atoms with Crippen LogP contribution in [0.4, 0.5) is 0 Å². The van der Waals surface area contributed by atoms with E-state index < -0.39 is 0 Å². The summed E-state index contributed by atoms with van der Waals surface area (Å²) in [6.45, 7) is 5.71. The van der Waals surface area contributed by atoms with Gasteiger partial charge in [0.15, 0.2) is 0 Å². The molecule has 0 fully saturated rings. The van der Waals surface area contributed by atoms with E-state index in [-0.39, 0.29) is 23.7 Å². The molecular formula is C7H12N6O2. The Kier molecular flexibility index (Phi) is 5.31. The lowest BCUT2D eigenvalue weighted by Crippen LogP contribution is -2.35. The molecule has 0 saturated heterocycles. The first-order chi connectivity index (χ1) is 6.95. The lowest BCUT2D eigenvalue weighted by Gasteiger charge is -1.99. The van der Waals surface area contributed by atoms with Gasteiger partial charge in [0.25, 0.3) is 0 Å². The summed E-state index contributed by atoms with van der Waals surface area (Å²) in [6, 6.07) is 0. The van der Waals surface area contributed by atoms with Gasteiger partial charge in [0.2, 0.25) is 23.7 Å². The van der Waals surface area contributed by atoms with Crippen molar-refractivity contribution < 1.29 is 9.59 Å². The monoisotopic (exact) mass is 212 g/mol. The largest absolute Gasteiger partial charge is 0.368 e. The molecule has 0 saturated carbocycles. The molecule has 0 aromatic rings. The molecule has 0 aliphatic heterocycles. The van der Waals surface area contributed by atoms with Gasteiger partial charge in [-0.2, -0.15) is 0 Å². The van der Waals surface area contributed by atoms with Gasteiger partial charge in [-0.3, -0.25) is 20.2 Å². The van der Waals surface area contributed by atoms with Crippen molar-refractivity contribution in [2.75, 3.05) is 0 Å². The topological polar surface area (TPSA) is 121 Å². The van der Waals surface area contributed by atoms with Crippen LogP contribution in [0.2, 0.25) is 0 Å². The van der Waals surface area contributed by atoms with Crippen molar-refractivity contribution in [1.82, 2.24) is 10.6 Å². The van der Waals surface area contributed by atoms with Crippen LogP contribution >= 0.6 is 0 Å². The molecule has 0 rings (SSSR count). The van der Waals surface area contributed by atoms with E-state index in [0.717, 1.165) is 0 Å². The minimum atomic E-state index is -0.376. The molecule has 2 amide bonds. The molecule has 0 unspecified atom stereocenters. The van der Waals surface area contributed by atoms with Gasteiger partial charge in [-0.15, -0.1) is 10.2 Å². The molecule has 0 atom stereocenters. The first kappa shape index (κ1) is 12.8. The van der Waals surface area contributed by atoms with Crippen LogP contribution in [0, 0.1) is 0 Å². The summed E-state index contributed by atoms with van der Waals surface area (Å²) < 4.78 is 0. The molecule has 0 aromatic heterocycles. The quantitative estimate of drug-likeness (QED) is 0.280. The molecule has 0 radical (unpaired) electrons. The van der Waals surface area contributed by atoms with Crippen LogP contribution in [0.3, 0.4) is 0 Å². The van der Waals surface area contributed by atoms with Gasteiger partial charge in [0.05, 0.1) is 0 Å². The van der Waals surface area contributed by atoms with Crippen molar-refractivity contribution in [3.05, 3.63) is 0 Å². The molecule has 8 heteroatoms. The summed E-state index contributed by atoms with van der Waals surface area (Å²) in [5.74, 6) is -1.04. The highest BCUT2D eigenvalue weighted by Gasteiger charge is 1.98. The van der Waals surface area contributed by atoms with Crippen LogP contribution in [-0.2, 0) is 9.59 Å². The Balaban J connectivity index is 4.50. The first-order valence-corrected chi connectivity index (χ1v) is 3.88. The highest BCUT2D eigenvalue weighted by Crippen LogP contribution is 1.78. The Bertz CT molecular complexity index is 332.